The lowest BCUT2D eigenvalue weighted by molar-refractivity contribution is 0.0601. The van der Waals surface area contributed by atoms with E-state index in [4.69, 9.17) is 10.00 Å². The van der Waals surface area contributed by atoms with Gasteiger partial charge in [-0.2, -0.15) is 5.26 Å². The van der Waals surface area contributed by atoms with Gasteiger partial charge >= 0.3 is 5.97 Å². The highest BCUT2D eigenvalue weighted by atomic mass is 16.5. The van der Waals surface area contributed by atoms with Crippen LogP contribution in [0, 0.1) is 11.3 Å². The van der Waals surface area contributed by atoms with E-state index in [9.17, 15) is 4.79 Å². The van der Waals surface area contributed by atoms with E-state index in [2.05, 4.69) is 22.8 Å². The first kappa shape index (κ1) is 15.9. The van der Waals surface area contributed by atoms with Crippen molar-refractivity contribution in [1.82, 2.24) is 4.57 Å². The van der Waals surface area contributed by atoms with E-state index in [1.165, 1.54) is 7.11 Å². The molecule has 126 valence electrons. The summed E-state index contributed by atoms with van der Waals surface area (Å²) in [6.07, 6.45) is 0. The minimum atomic E-state index is -0.352. The number of hydrogen-bond acceptors (Lipinski definition) is 3. The monoisotopic (exact) mass is 340 g/mol. The number of benzene rings is 3. The van der Waals surface area contributed by atoms with E-state index >= 15 is 0 Å². The van der Waals surface area contributed by atoms with Crippen LogP contribution in [-0.2, 0) is 11.3 Å². The van der Waals surface area contributed by atoms with Crippen LogP contribution in [0.15, 0.2) is 66.7 Å². The molecule has 0 fully saturated rings. The van der Waals surface area contributed by atoms with Crippen LogP contribution in [-0.4, -0.2) is 17.6 Å². The van der Waals surface area contributed by atoms with Crippen molar-refractivity contribution >= 4 is 27.8 Å². The first-order valence-corrected chi connectivity index (χ1v) is 8.29. The Hall–Kier alpha value is -3.58. The number of methoxy groups -OCH3 is 1. The molecular weight excluding hydrogens is 324 g/mol. The van der Waals surface area contributed by atoms with E-state index < -0.39 is 0 Å². The van der Waals surface area contributed by atoms with Crippen molar-refractivity contribution in [3.63, 3.8) is 0 Å². The minimum absolute atomic E-state index is 0.352. The summed E-state index contributed by atoms with van der Waals surface area (Å²) in [5.74, 6) is -0.352. The number of esters is 1. The van der Waals surface area contributed by atoms with E-state index in [-0.39, 0.29) is 5.97 Å². The van der Waals surface area contributed by atoms with Crippen molar-refractivity contribution in [2.45, 2.75) is 6.54 Å². The molecule has 0 aliphatic rings. The van der Waals surface area contributed by atoms with E-state index in [1.807, 2.05) is 42.5 Å². The molecule has 0 unspecified atom stereocenters. The molecule has 0 N–H and O–H groups in total. The summed E-state index contributed by atoms with van der Waals surface area (Å²) in [7, 11) is 1.38. The topological polar surface area (TPSA) is 55.0 Å². The molecular formula is C22H16N2O2. The number of rotatable bonds is 3. The van der Waals surface area contributed by atoms with Crippen LogP contribution in [0.5, 0.6) is 0 Å². The number of aromatic nitrogens is 1. The highest BCUT2D eigenvalue weighted by molar-refractivity contribution is 6.09. The van der Waals surface area contributed by atoms with Crippen molar-refractivity contribution in [1.29, 1.82) is 5.26 Å². The fourth-order valence-electron chi connectivity index (χ4n) is 3.39. The maximum absolute atomic E-state index is 12.0. The van der Waals surface area contributed by atoms with Crippen LogP contribution < -0.4 is 0 Å². The predicted molar refractivity (Wildman–Crippen MR) is 101 cm³/mol. The first-order chi connectivity index (χ1) is 12.7. The van der Waals surface area contributed by atoms with Gasteiger partial charge in [0, 0.05) is 22.8 Å². The number of nitriles is 1. The molecule has 4 rings (SSSR count). The number of nitrogens with zero attached hydrogens (tertiary/aromatic N) is 2. The van der Waals surface area contributed by atoms with Gasteiger partial charge in [0.1, 0.15) is 0 Å². The molecule has 0 bridgehead atoms. The second-order valence-corrected chi connectivity index (χ2v) is 6.14. The summed E-state index contributed by atoms with van der Waals surface area (Å²) in [4.78, 5) is 12.0. The largest absolute Gasteiger partial charge is 0.465 e. The highest BCUT2D eigenvalue weighted by Gasteiger charge is 2.14. The van der Waals surface area contributed by atoms with Crippen LogP contribution >= 0.6 is 0 Å². The maximum atomic E-state index is 12.0. The average Bonchev–Trinajstić information content (AvgIpc) is 3.01. The van der Waals surface area contributed by atoms with Crippen molar-refractivity contribution < 1.29 is 9.53 Å². The zero-order chi connectivity index (χ0) is 18.1. The summed E-state index contributed by atoms with van der Waals surface area (Å²) in [6, 6.07) is 23.6. The quantitative estimate of drug-likeness (QED) is 0.516. The van der Waals surface area contributed by atoms with Gasteiger partial charge < -0.3 is 9.30 Å². The third-order valence-electron chi connectivity index (χ3n) is 4.59. The zero-order valence-corrected chi connectivity index (χ0v) is 14.3. The van der Waals surface area contributed by atoms with Crippen LogP contribution in [0.25, 0.3) is 21.8 Å². The second kappa shape index (κ2) is 6.38. The highest BCUT2D eigenvalue weighted by Crippen LogP contribution is 2.30. The fourth-order valence-corrected chi connectivity index (χ4v) is 3.39. The molecule has 0 aliphatic heterocycles. The Kier molecular flexibility index (Phi) is 3.91. The van der Waals surface area contributed by atoms with E-state index in [1.54, 1.807) is 12.1 Å². The third-order valence-corrected chi connectivity index (χ3v) is 4.59. The van der Waals surface area contributed by atoms with Crippen LogP contribution in [0.3, 0.4) is 0 Å². The van der Waals surface area contributed by atoms with Gasteiger partial charge in [-0.1, -0.05) is 36.4 Å². The fraction of sp³-hybridized carbons (Fsp3) is 0.0909. The molecule has 1 aromatic heterocycles. The lowest BCUT2D eigenvalue weighted by atomic mass is 10.1. The number of hydrogen-bond donors (Lipinski definition) is 0. The first-order valence-electron chi connectivity index (χ1n) is 8.29. The number of carbonyl (C=O) groups is 1. The molecule has 4 heteroatoms. The van der Waals surface area contributed by atoms with Gasteiger partial charge in [0.25, 0.3) is 0 Å². The predicted octanol–water partition coefficient (Wildman–Crippen LogP) is 4.50. The Balaban J connectivity index is 1.95. The molecule has 1 heterocycles. The lowest BCUT2D eigenvalue weighted by Gasteiger charge is -2.09. The molecule has 4 aromatic rings. The summed E-state index contributed by atoms with van der Waals surface area (Å²) < 4.78 is 7.04. The van der Waals surface area contributed by atoms with E-state index in [0.29, 0.717) is 17.7 Å². The Morgan fingerprint density at radius 3 is 2.62 bits per heavy atom. The van der Waals surface area contributed by atoms with Gasteiger partial charge in [-0.3, -0.25) is 0 Å². The summed E-state index contributed by atoms with van der Waals surface area (Å²) in [6.45, 7) is 0.615. The normalized spacial score (nSPS) is 10.8. The van der Waals surface area contributed by atoms with E-state index in [0.717, 1.165) is 27.4 Å². The Bertz CT molecular complexity index is 1180. The van der Waals surface area contributed by atoms with Gasteiger partial charge in [0.15, 0.2) is 0 Å². The van der Waals surface area contributed by atoms with Gasteiger partial charge in [-0.15, -0.1) is 0 Å². The third kappa shape index (κ3) is 2.60. The van der Waals surface area contributed by atoms with Crippen molar-refractivity contribution in [2.24, 2.45) is 0 Å². The second-order valence-electron chi connectivity index (χ2n) is 6.14. The molecule has 26 heavy (non-hydrogen) atoms. The molecule has 0 spiro atoms. The number of ether oxygens (including phenoxy) is 1. The number of carbonyl (C=O) groups excluding carboxylic acids is 1. The Morgan fingerprint density at radius 1 is 1.00 bits per heavy atom. The number of fused-ring (bicyclic) bond motifs is 3. The van der Waals surface area contributed by atoms with Crippen LogP contribution in [0.1, 0.15) is 21.5 Å². The molecule has 0 radical (unpaired) electrons. The maximum Gasteiger partial charge on any atom is 0.337 e. The Morgan fingerprint density at radius 2 is 1.81 bits per heavy atom. The summed E-state index contributed by atoms with van der Waals surface area (Å²) in [5, 5.41) is 11.4. The standard InChI is InChI=1S/C22H16N2O2/c1-26-22(25)17-9-10-19-18-7-2-3-8-20(18)24(21(19)12-17)14-16-6-4-5-15(11-16)13-23/h2-12H,14H2,1H3. The van der Waals surface area contributed by atoms with Gasteiger partial charge in [-0.05, 0) is 35.9 Å². The molecule has 0 aliphatic carbocycles. The molecule has 3 aromatic carbocycles. The molecule has 0 atom stereocenters. The zero-order valence-electron chi connectivity index (χ0n) is 14.3. The van der Waals surface area contributed by atoms with Crippen LogP contribution in [0.2, 0.25) is 0 Å². The molecule has 0 saturated heterocycles. The van der Waals surface area contributed by atoms with Gasteiger partial charge in [0.2, 0.25) is 0 Å². The van der Waals surface area contributed by atoms with Crippen molar-refractivity contribution in [2.75, 3.05) is 7.11 Å². The van der Waals surface area contributed by atoms with Crippen LogP contribution in [0.4, 0.5) is 0 Å². The number of para-hydroxylation sites is 1. The SMILES string of the molecule is COC(=O)c1ccc2c3ccccc3n(Cc3cccc(C#N)c3)c2c1. The lowest BCUT2D eigenvalue weighted by Crippen LogP contribution is -2.03. The Labute approximate surface area is 150 Å². The van der Waals surface area contributed by atoms with Gasteiger partial charge in [0.05, 0.1) is 29.8 Å². The smallest absolute Gasteiger partial charge is 0.337 e. The molecule has 0 saturated carbocycles. The van der Waals surface area contributed by atoms with Crippen molar-refractivity contribution in [3.05, 3.63) is 83.4 Å². The average molecular weight is 340 g/mol. The summed E-state index contributed by atoms with van der Waals surface area (Å²) >= 11 is 0. The summed E-state index contributed by atoms with van der Waals surface area (Å²) in [5.41, 5.74) is 4.26. The molecule has 4 nitrogen and oxygen atoms in total. The minimum Gasteiger partial charge on any atom is -0.465 e. The molecule has 0 amide bonds. The van der Waals surface area contributed by atoms with Gasteiger partial charge in [-0.25, -0.2) is 4.79 Å². The van der Waals surface area contributed by atoms with Crippen molar-refractivity contribution in [3.8, 4) is 6.07 Å².